The smallest absolute Gasteiger partial charge is 0.223 e. The number of amides is 1. The Morgan fingerprint density at radius 2 is 1.79 bits per heavy atom. The van der Waals surface area contributed by atoms with Crippen molar-refractivity contribution in [2.45, 2.75) is 19.3 Å². The van der Waals surface area contributed by atoms with Crippen molar-refractivity contribution >= 4 is 17.6 Å². The standard InChI is InChI=1S/C31H36N4O3/c1-34(20-16-25-10-14-28(37-2)29(22-25)38-3)19-5-17-33-31(36)7-4-6-24-8-11-26(12-9-24)27-13-15-30-32-18-21-35(30)23-27/h4,6,8-15,18,21-23H,5,7,16-17,19-20H2,1-3H3,(H,33,36)/b6-4+. The van der Waals surface area contributed by atoms with E-state index in [2.05, 4.69) is 64.8 Å². The van der Waals surface area contributed by atoms with E-state index in [9.17, 15) is 4.79 Å². The lowest BCUT2D eigenvalue weighted by molar-refractivity contribution is -0.120. The van der Waals surface area contributed by atoms with E-state index in [0.29, 0.717) is 13.0 Å². The van der Waals surface area contributed by atoms with Gasteiger partial charge < -0.3 is 24.1 Å². The number of imidazole rings is 1. The Morgan fingerprint density at radius 3 is 2.58 bits per heavy atom. The summed E-state index contributed by atoms with van der Waals surface area (Å²) in [4.78, 5) is 18.8. The average molecular weight is 513 g/mol. The number of ether oxygens (including phenoxy) is 2. The second-order valence-electron chi connectivity index (χ2n) is 9.29. The lowest BCUT2D eigenvalue weighted by atomic mass is 10.1. The quantitative estimate of drug-likeness (QED) is 0.252. The van der Waals surface area contributed by atoms with Crippen LogP contribution in [0, 0.1) is 0 Å². The summed E-state index contributed by atoms with van der Waals surface area (Å²) in [5.74, 6) is 1.54. The van der Waals surface area contributed by atoms with Gasteiger partial charge in [-0.15, -0.1) is 0 Å². The van der Waals surface area contributed by atoms with Gasteiger partial charge in [-0.25, -0.2) is 4.98 Å². The highest BCUT2D eigenvalue weighted by atomic mass is 16.5. The summed E-state index contributed by atoms with van der Waals surface area (Å²) in [6, 6.07) is 18.5. The van der Waals surface area contributed by atoms with E-state index in [4.69, 9.17) is 9.47 Å². The van der Waals surface area contributed by atoms with Crippen LogP contribution in [-0.2, 0) is 11.2 Å². The SMILES string of the molecule is COc1ccc(CCN(C)CCCNC(=O)C/C=C/c2ccc(-c3ccc4nccn4c3)cc2)cc1OC. The van der Waals surface area contributed by atoms with Gasteiger partial charge in [0.25, 0.3) is 0 Å². The Kier molecular flexibility index (Phi) is 9.54. The first-order valence-electron chi connectivity index (χ1n) is 12.9. The Labute approximate surface area is 224 Å². The Morgan fingerprint density at radius 1 is 1.00 bits per heavy atom. The molecule has 2 aromatic heterocycles. The molecule has 0 aliphatic carbocycles. The molecule has 0 saturated heterocycles. The molecule has 4 aromatic rings. The fraction of sp³-hybridized carbons (Fsp3) is 0.290. The number of carbonyl (C=O) groups is 1. The third kappa shape index (κ3) is 7.46. The van der Waals surface area contributed by atoms with Crippen molar-refractivity contribution in [3.8, 4) is 22.6 Å². The molecule has 0 unspecified atom stereocenters. The van der Waals surface area contributed by atoms with E-state index in [0.717, 1.165) is 59.8 Å². The predicted molar refractivity (Wildman–Crippen MR) is 153 cm³/mol. The highest BCUT2D eigenvalue weighted by Gasteiger charge is 2.06. The number of benzene rings is 2. The Bertz CT molecular complexity index is 1360. The van der Waals surface area contributed by atoms with Crippen molar-refractivity contribution in [2.24, 2.45) is 0 Å². The van der Waals surface area contributed by atoms with Crippen LogP contribution in [0.25, 0.3) is 22.9 Å². The van der Waals surface area contributed by atoms with Crippen molar-refractivity contribution in [3.63, 3.8) is 0 Å². The van der Waals surface area contributed by atoms with Crippen LogP contribution in [-0.4, -0.2) is 61.1 Å². The molecule has 0 aliphatic heterocycles. The van der Waals surface area contributed by atoms with Crippen molar-refractivity contribution in [1.29, 1.82) is 0 Å². The zero-order valence-corrected chi connectivity index (χ0v) is 22.4. The molecule has 0 fully saturated rings. The van der Waals surface area contributed by atoms with Crippen molar-refractivity contribution in [1.82, 2.24) is 19.6 Å². The predicted octanol–water partition coefficient (Wildman–Crippen LogP) is 5.10. The number of nitrogens with one attached hydrogen (secondary N) is 1. The molecule has 4 rings (SSSR count). The van der Waals surface area contributed by atoms with Crippen molar-refractivity contribution in [2.75, 3.05) is 40.9 Å². The van der Waals surface area contributed by atoms with Crippen LogP contribution in [0.2, 0.25) is 0 Å². The third-order valence-electron chi connectivity index (χ3n) is 6.52. The van der Waals surface area contributed by atoms with Crippen molar-refractivity contribution in [3.05, 3.63) is 90.4 Å². The van der Waals surface area contributed by atoms with E-state index in [1.165, 1.54) is 5.56 Å². The zero-order chi connectivity index (χ0) is 26.7. The largest absolute Gasteiger partial charge is 0.493 e. The van der Waals surface area contributed by atoms with E-state index in [1.54, 1.807) is 20.4 Å². The molecule has 0 atom stereocenters. The molecule has 7 heteroatoms. The molecule has 198 valence electrons. The topological polar surface area (TPSA) is 68.1 Å². The van der Waals surface area contributed by atoms with Crippen LogP contribution < -0.4 is 14.8 Å². The molecule has 0 aliphatic rings. The molecule has 38 heavy (non-hydrogen) atoms. The van der Waals surface area contributed by atoms with Crippen LogP contribution in [0.3, 0.4) is 0 Å². The summed E-state index contributed by atoms with van der Waals surface area (Å²) >= 11 is 0. The number of likely N-dealkylation sites (N-methyl/N-ethyl adjacent to an activating group) is 1. The van der Waals surface area contributed by atoms with Crippen LogP contribution >= 0.6 is 0 Å². The minimum atomic E-state index is 0.0412. The number of carbonyl (C=O) groups excluding carboxylic acids is 1. The third-order valence-corrected chi connectivity index (χ3v) is 6.52. The van der Waals surface area contributed by atoms with Gasteiger partial charge in [0.1, 0.15) is 5.65 Å². The summed E-state index contributed by atoms with van der Waals surface area (Å²) in [5.41, 5.74) is 5.49. The first-order valence-corrected chi connectivity index (χ1v) is 12.9. The van der Waals surface area contributed by atoms with Gasteiger partial charge in [0.05, 0.1) is 14.2 Å². The highest BCUT2D eigenvalue weighted by Crippen LogP contribution is 2.27. The van der Waals surface area contributed by atoms with Gasteiger partial charge in [-0.05, 0) is 73.0 Å². The Hall–Kier alpha value is -4.10. The number of aromatic nitrogens is 2. The fourth-order valence-electron chi connectivity index (χ4n) is 4.30. The summed E-state index contributed by atoms with van der Waals surface area (Å²) in [6.07, 6.45) is 11.9. The minimum Gasteiger partial charge on any atom is -0.493 e. The first kappa shape index (κ1) is 26.9. The maximum atomic E-state index is 12.2. The monoisotopic (exact) mass is 512 g/mol. The number of methoxy groups -OCH3 is 2. The maximum Gasteiger partial charge on any atom is 0.223 e. The molecule has 2 heterocycles. The van der Waals surface area contributed by atoms with Gasteiger partial charge in [0.15, 0.2) is 11.5 Å². The van der Waals surface area contributed by atoms with Crippen LogP contribution in [0.1, 0.15) is 24.0 Å². The molecule has 0 radical (unpaired) electrons. The van der Waals surface area contributed by atoms with Gasteiger partial charge in [-0.2, -0.15) is 0 Å². The van der Waals surface area contributed by atoms with Gasteiger partial charge in [-0.1, -0.05) is 42.5 Å². The minimum absolute atomic E-state index is 0.0412. The normalized spacial score (nSPS) is 11.4. The number of hydrogen-bond acceptors (Lipinski definition) is 5. The highest BCUT2D eigenvalue weighted by molar-refractivity contribution is 5.78. The number of fused-ring (bicyclic) bond motifs is 1. The average Bonchev–Trinajstić information content (AvgIpc) is 3.42. The lowest BCUT2D eigenvalue weighted by Gasteiger charge is -2.17. The molecule has 7 nitrogen and oxygen atoms in total. The lowest BCUT2D eigenvalue weighted by Crippen LogP contribution is -2.28. The number of pyridine rings is 1. The van der Waals surface area contributed by atoms with Gasteiger partial charge >= 0.3 is 0 Å². The molecule has 1 N–H and O–H groups in total. The van der Waals surface area contributed by atoms with Gasteiger partial charge in [-0.3, -0.25) is 4.79 Å². The Balaban J connectivity index is 1.13. The molecule has 0 spiro atoms. The fourth-order valence-corrected chi connectivity index (χ4v) is 4.30. The molecular weight excluding hydrogens is 476 g/mol. The molecule has 0 bridgehead atoms. The van der Waals surface area contributed by atoms with E-state index in [1.807, 2.05) is 40.9 Å². The number of nitrogens with zero attached hydrogens (tertiary/aromatic N) is 3. The van der Waals surface area contributed by atoms with E-state index in [-0.39, 0.29) is 5.91 Å². The first-order chi connectivity index (χ1) is 18.6. The summed E-state index contributed by atoms with van der Waals surface area (Å²) < 4.78 is 12.7. The van der Waals surface area contributed by atoms with E-state index < -0.39 is 0 Å². The maximum absolute atomic E-state index is 12.2. The second-order valence-corrected chi connectivity index (χ2v) is 9.29. The van der Waals surface area contributed by atoms with E-state index >= 15 is 0 Å². The summed E-state index contributed by atoms with van der Waals surface area (Å²) in [5, 5.41) is 3.01. The summed E-state index contributed by atoms with van der Waals surface area (Å²) in [6.45, 7) is 2.52. The summed E-state index contributed by atoms with van der Waals surface area (Å²) in [7, 11) is 5.40. The number of hydrogen-bond donors (Lipinski definition) is 1. The molecule has 0 saturated carbocycles. The second kappa shape index (κ2) is 13.4. The van der Waals surface area contributed by atoms with Gasteiger partial charge in [0.2, 0.25) is 5.91 Å². The van der Waals surface area contributed by atoms with Crippen molar-refractivity contribution < 1.29 is 14.3 Å². The molecule has 1 amide bonds. The zero-order valence-electron chi connectivity index (χ0n) is 22.4. The van der Waals surface area contributed by atoms with Crippen LogP contribution in [0.5, 0.6) is 11.5 Å². The molecule has 2 aromatic carbocycles. The van der Waals surface area contributed by atoms with Crippen LogP contribution in [0.4, 0.5) is 0 Å². The number of rotatable bonds is 13. The van der Waals surface area contributed by atoms with Gasteiger partial charge in [0, 0.05) is 38.1 Å². The van der Waals surface area contributed by atoms with Crippen LogP contribution in [0.15, 0.2) is 79.3 Å². The molecular formula is C31H36N4O3.